The highest BCUT2D eigenvalue weighted by molar-refractivity contribution is 5.85. The molecule has 1 atom stereocenters. The second-order valence-electron chi connectivity index (χ2n) is 5.26. The van der Waals surface area contributed by atoms with Crippen molar-refractivity contribution in [2.24, 2.45) is 5.92 Å². The smallest absolute Gasteiger partial charge is 0.328 e. The molecule has 0 aliphatic carbocycles. The SMILES string of the molecule is COC(=O)C(CC(C)C)NC(=O)Cc1ccc(C#N)cc1. The molecule has 0 saturated heterocycles. The minimum absolute atomic E-state index is 0.164. The van der Waals surface area contributed by atoms with Gasteiger partial charge < -0.3 is 10.1 Å². The lowest BCUT2D eigenvalue weighted by Gasteiger charge is -2.18. The number of amides is 1. The van der Waals surface area contributed by atoms with Gasteiger partial charge >= 0.3 is 5.97 Å². The summed E-state index contributed by atoms with van der Waals surface area (Å²) in [7, 11) is 1.31. The molecule has 0 spiro atoms. The van der Waals surface area contributed by atoms with Crippen molar-refractivity contribution in [3.63, 3.8) is 0 Å². The van der Waals surface area contributed by atoms with Gasteiger partial charge in [0.25, 0.3) is 0 Å². The fourth-order valence-electron chi connectivity index (χ4n) is 1.96. The van der Waals surface area contributed by atoms with Crippen molar-refractivity contribution in [3.05, 3.63) is 35.4 Å². The molecule has 0 aromatic heterocycles. The predicted octanol–water partition coefficient (Wildman–Crippen LogP) is 1.80. The number of ether oxygens (including phenoxy) is 1. The third-order valence-corrected chi connectivity index (χ3v) is 2.98. The number of hydrogen-bond acceptors (Lipinski definition) is 4. The van der Waals surface area contributed by atoms with Crippen molar-refractivity contribution < 1.29 is 14.3 Å². The number of esters is 1. The Balaban J connectivity index is 2.64. The number of carbonyl (C=O) groups excluding carboxylic acids is 2. The Bertz CT molecular complexity index is 529. The zero-order valence-corrected chi connectivity index (χ0v) is 12.6. The summed E-state index contributed by atoms with van der Waals surface area (Å²) in [5, 5.41) is 11.4. The molecule has 0 aliphatic rings. The van der Waals surface area contributed by atoms with Crippen molar-refractivity contribution in [3.8, 4) is 6.07 Å². The lowest BCUT2D eigenvalue weighted by atomic mass is 10.0. The van der Waals surface area contributed by atoms with E-state index in [1.165, 1.54) is 7.11 Å². The lowest BCUT2D eigenvalue weighted by molar-refractivity contribution is -0.145. The Labute approximate surface area is 124 Å². The maximum atomic E-state index is 12.0. The zero-order valence-electron chi connectivity index (χ0n) is 12.6. The molecule has 5 nitrogen and oxygen atoms in total. The Kier molecular flexibility index (Phi) is 6.41. The molecular formula is C16H20N2O3. The van der Waals surface area contributed by atoms with Crippen LogP contribution >= 0.6 is 0 Å². The molecule has 0 bridgehead atoms. The van der Waals surface area contributed by atoms with Crippen LogP contribution < -0.4 is 5.32 Å². The molecule has 0 fully saturated rings. The molecule has 1 rings (SSSR count). The fraction of sp³-hybridized carbons (Fsp3) is 0.438. The average molecular weight is 288 g/mol. The van der Waals surface area contributed by atoms with Crippen LogP contribution in [0.1, 0.15) is 31.4 Å². The van der Waals surface area contributed by atoms with Crippen molar-refractivity contribution in [2.45, 2.75) is 32.7 Å². The highest BCUT2D eigenvalue weighted by Crippen LogP contribution is 2.08. The summed E-state index contributed by atoms with van der Waals surface area (Å²) in [5.74, 6) is -0.406. The van der Waals surface area contributed by atoms with Gasteiger partial charge in [-0.15, -0.1) is 0 Å². The first-order valence-electron chi connectivity index (χ1n) is 6.82. The third kappa shape index (κ3) is 5.65. The van der Waals surface area contributed by atoms with Gasteiger partial charge in [-0.3, -0.25) is 4.79 Å². The quantitative estimate of drug-likeness (QED) is 0.810. The minimum atomic E-state index is -0.624. The zero-order chi connectivity index (χ0) is 15.8. The van der Waals surface area contributed by atoms with Gasteiger partial charge in [-0.2, -0.15) is 5.26 Å². The van der Waals surface area contributed by atoms with Crippen LogP contribution in [-0.2, 0) is 20.7 Å². The maximum absolute atomic E-state index is 12.0. The predicted molar refractivity (Wildman–Crippen MR) is 78.3 cm³/mol. The molecule has 112 valence electrons. The van der Waals surface area contributed by atoms with Gasteiger partial charge in [0.2, 0.25) is 5.91 Å². The Hall–Kier alpha value is -2.35. The second-order valence-corrected chi connectivity index (χ2v) is 5.26. The first-order valence-corrected chi connectivity index (χ1v) is 6.82. The van der Waals surface area contributed by atoms with Gasteiger partial charge in [0.1, 0.15) is 6.04 Å². The van der Waals surface area contributed by atoms with Crippen LogP contribution in [0.3, 0.4) is 0 Å². The Morgan fingerprint density at radius 2 is 1.90 bits per heavy atom. The lowest BCUT2D eigenvalue weighted by Crippen LogP contribution is -2.43. The molecule has 0 heterocycles. The number of nitrogens with one attached hydrogen (secondary N) is 1. The summed E-state index contributed by atoms with van der Waals surface area (Å²) < 4.78 is 4.70. The monoisotopic (exact) mass is 288 g/mol. The molecule has 1 amide bonds. The van der Waals surface area contributed by atoms with Gasteiger partial charge in [-0.1, -0.05) is 26.0 Å². The first-order chi connectivity index (χ1) is 9.96. The summed E-state index contributed by atoms with van der Waals surface area (Å²) in [5.41, 5.74) is 1.34. The summed E-state index contributed by atoms with van der Waals surface area (Å²) >= 11 is 0. The van der Waals surface area contributed by atoms with E-state index in [-0.39, 0.29) is 18.2 Å². The summed E-state index contributed by atoms with van der Waals surface area (Å²) in [6.07, 6.45) is 0.698. The van der Waals surface area contributed by atoms with Gasteiger partial charge in [-0.25, -0.2) is 4.79 Å². The fourth-order valence-corrected chi connectivity index (χ4v) is 1.96. The van der Waals surface area contributed by atoms with Crippen molar-refractivity contribution in [2.75, 3.05) is 7.11 Å². The molecule has 0 saturated carbocycles. The Morgan fingerprint density at radius 1 is 1.29 bits per heavy atom. The highest BCUT2D eigenvalue weighted by Gasteiger charge is 2.22. The number of hydrogen-bond donors (Lipinski definition) is 1. The number of benzene rings is 1. The van der Waals surface area contributed by atoms with E-state index in [0.717, 1.165) is 5.56 Å². The molecule has 0 radical (unpaired) electrons. The van der Waals surface area contributed by atoms with E-state index in [0.29, 0.717) is 12.0 Å². The summed E-state index contributed by atoms with van der Waals surface area (Å²) in [6.45, 7) is 3.95. The molecular weight excluding hydrogens is 268 g/mol. The van der Waals surface area contributed by atoms with Crippen LogP contribution in [0, 0.1) is 17.2 Å². The average Bonchev–Trinajstić information content (AvgIpc) is 2.46. The molecule has 0 aliphatic heterocycles. The number of methoxy groups -OCH3 is 1. The first kappa shape index (κ1) is 16.7. The summed E-state index contributed by atoms with van der Waals surface area (Å²) in [4.78, 5) is 23.6. The molecule has 1 aromatic carbocycles. The van der Waals surface area contributed by atoms with Gasteiger partial charge in [0.05, 0.1) is 25.2 Å². The van der Waals surface area contributed by atoms with Gasteiger partial charge in [0, 0.05) is 0 Å². The van der Waals surface area contributed by atoms with Crippen molar-refractivity contribution in [1.82, 2.24) is 5.32 Å². The van der Waals surface area contributed by atoms with Gasteiger partial charge in [0.15, 0.2) is 0 Å². The minimum Gasteiger partial charge on any atom is -0.467 e. The topological polar surface area (TPSA) is 79.2 Å². The number of nitrogens with zero attached hydrogens (tertiary/aromatic N) is 1. The normalized spacial score (nSPS) is 11.6. The highest BCUT2D eigenvalue weighted by atomic mass is 16.5. The molecule has 5 heteroatoms. The van der Waals surface area contributed by atoms with Crippen LogP contribution in [0.2, 0.25) is 0 Å². The largest absolute Gasteiger partial charge is 0.467 e. The number of nitriles is 1. The molecule has 1 N–H and O–H groups in total. The van der Waals surface area contributed by atoms with Crippen LogP contribution in [0.5, 0.6) is 0 Å². The third-order valence-electron chi connectivity index (χ3n) is 2.98. The summed E-state index contributed by atoms with van der Waals surface area (Å²) in [6, 6.07) is 8.18. The number of rotatable bonds is 6. The van der Waals surface area contributed by atoms with Crippen LogP contribution in [0.15, 0.2) is 24.3 Å². The van der Waals surface area contributed by atoms with Crippen molar-refractivity contribution >= 4 is 11.9 Å². The van der Waals surface area contributed by atoms with E-state index < -0.39 is 12.0 Å². The van der Waals surface area contributed by atoms with E-state index in [9.17, 15) is 9.59 Å². The molecule has 1 unspecified atom stereocenters. The van der Waals surface area contributed by atoms with E-state index in [2.05, 4.69) is 5.32 Å². The van der Waals surface area contributed by atoms with Crippen LogP contribution in [0.25, 0.3) is 0 Å². The van der Waals surface area contributed by atoms with E-state index >= 15 is 0 Å². The maximum Gasteiger partial charge on any atom is 0.328 e. The van der Waals surface area contributed by atoms with E-state index in [1.807, 2.05) is 19.9 Å². The standard InChI is InChI=1S/C16H20N2O3/c1-11(2)8-14(16(20)21-3)18-15(19)9-12-4-6-13(10-17)7-5-12/h4-7,11,14H,8-9H2,1-3H3,(H,18,19). The van der Waals surface area contributed by atoms with Crippen LogP contribution in [0.4, 0.5) is 0 Å². The van der Waals surface area contributed by atoms with Gasteiger partial charge in [-0.05, 0) is 30.0 Å². The Morgan fingerprint density at radius 3 is 2.38 bits per heavy atom. The molecule has 1 aromatic rings. The molecule has 21 heavy (non-hydrogen) atoms. The van der Waals surface area contributed by atoms with Crippen LogP contribution in [-0.4, -0.2) is 25.0 Å². The van der Waals surface area contributed by atoms with E-state index in [4.69, 9.17) is 10.00 Å². The van der Waals surface area contributed by atoms with Crippen molar-refractivity contribution in [1.29, 1.82) is 5.26 Å². The van der Waals surface area contributed by atoms with E-state index in [1.54, 1.807) is 24.3 Å². The number of carbonyl (C=O) groups is 2. The second kappa shape index (κ2) is 8.05.